The van der Waals surface area contributed by atoms with E-state index in [9.17, 15) is 4.79 Å². The molecule has 8 heteroatoms. The fourth-order valence-corrected chi connectivity index (χ4v) is 6.29. The number of aromatic nitrogens is 2. The van der Waals surface area contributed by atoms with Gasteiger partial charge in [0.2, 0.25) is 0 Å². The van der Waals surface area contributed by atoms with E-state index in [1.807, 2.05) is 44.1 Å². The highest BCUT2D eigenvalue weighted by atomic mass is 79.9. The first kappa shape index (κ1) is 27.2. The van der Waals surface area contributed by atoms with Gasteiger partial charge in [-0.3, -0.25) is 0 Å². The average Bonchev–Trinajstić information content (AvgIpc) is 3.11. The van der Waals surface area contributed by atoms with Crippen molar-refractivity contribution in [3.8, 4) is 0 Å². The normalized spacial score (nSPS) is 20.1. The number of piperidine rings is 1. The zero-order valence-corrected chi connectivity index (χ0v) is 24.7. The van der Waals surface area contributed by atoms with E-state index in [2.05, 4.69) is 65.4 Å². The number of halogens is 1. The summed E-state index contributed by atoms with van der Waals surface area (Å²) in [6.45, 7) is 18.7. The Bertz CT molecular complexity index is 993. The van der Waals surface area contributed by atoms with Crippen LogP contribution in [0.15, 0.2) is 29.0 Å². The Balaban J connectivity index is 1.80. The van der Waals surface area contributed by atoms with Gasteiger partial charge in [-0.15, -0.1) is 0 Å². The van der Waals surface area contributed by atoms with Crippen molar-refractivity contribution >= 4 is 41.4 Å². The van der Waals surface area contributed by atoms with Crippen LogP contribution in [0.4, 0.5) is 4.79 Å². The highest BCUT2D eigenvalue weighted by molar-refractivity contribution is 9.10. The van der Waals surface area contributed by atoms with Crippen LogP contribution in [0.3, 0.4) is 0 Å². The third kappa shape index (κ3) is 6.43. The van der Waals surface area contributed by atoms with Crippen molar-refractivity contribution in [3.05, 3.63) is 29.0 Å². The molecule has 0 N–H and O–H groups in total. The number of rotatable bonds is 6. The van der Waals surface area contributed by atoms with Gasteiger partial charge in [0, 0.05) is 17.6 Å². The number of carbonyl (C=O) groups is 1. The molecule has 1 aliphatic heterocycles. The summed E-state index contributed by atoms with van der Waals surface area (Å²) in [6.07, 6.45) is 5.43. The van der Waals surface area contributed by atoms with Crippen LogP contribution in [0.1, 0.15) is 67.2 Å². The van der Waals surface area contributed by atoms with E-state index in [-0.39, 0.29) is 23.3 Å². The fourth-order valence-electron chi connectivity index (χ4n) is 4.33. The molecule has 34 heavy (non-hydrogen) atoms. The van der Waals surface area contributed by atoms with Crippen molar-refractivity contribution in [1.82, 2.24) is 14.5 Å². The maximum absolute atomic E-state index is 13.2. The number of fused-ring (bicyclic) bond motifs is 1. The van der Waals surface area contributed by atoms with E-state index in [4.69, 9.17) is 9.16 Å². The quantitative estimate of drug-likeness (QED) is 0.351. The van der Waals surface area contributed by atoms with Crippen molar-refractivity contribution in [2.45, 2.75) is 110 Å². The lowest BCUT2D eigenvalue weighted by Crippen LogP contribution is -2.56. The zero-order chi connectivity index (χ0) is 25.3. The predicted octanol–water partition coefficient (Wildman–Crippen LogP) is 7.37. The highest BCUT2D eigenvalue weighted by Crippen LogP contribution is 2.40. The Morgan fingerprint density at radius 2 is 1.91 bits per heavy atom. The Morgan fingerprint density at radius 3 is 2.56 bits per heavy atom. The number of hydrogen-bond donors (Lipinski definition) is 0. The molecule has 2 heterocycles. The summed E-state index contributed by atoms with van der Waals surface area (Å²) >= 11 is 3.67. The smallest absolute Gasteiger partial charge is 0.410 e. The maximum Gasteiger partial charge on any atom is 0.410 e. The van der Waals surface area contributed by atoms with E-state index in [1.54, 1.807) is 0 Å². The molecule has 2 atom stereocenters. The maximum atomic E-state index is 13.2. The van der Waals surface area contributed by atoms with Crippen LogP contribution in [0.25, 0.3) is 11.0 Å². The van der Waals surface area contributed by atoms with Gasteiger partial charge in [-0.2, -0.15) is 0 Å². The number of para-hydroxylation sites is 1. The van der Waals surface area contributed by atoms with Gasteiger partial charge < -0.3 is 18.6 Å². The molecule has 0 bridgehead atoms. The van der Waals surface area contributed by atoms with Crippen LogP contribution >= 0.6 is 15.9 Å². The number of amides is 1. The molecule has 0 unspecified atom stereocenters. The van der Waals surface area contributed by atoms with Gasteiger partial charge >= 0.3 is 6.09 Å². The number of carbonyl (C=O) groups excluding carboxylic acids is 1. The summed E-state index contributed by atoms with van der Waals surface area (Å²) in [4.78, 5) is 19.7. The minimum absolute atomic E-state index is 0.0101. The first-order valence-corrected chi connectivity index (χ1v) is 16.2. The molecular formula is C26H42BrN3O3Si. The van der Waals surface area contributed by atoms with E-state index in [1.165, 1.54) is 0 Å². The predicted molar refractivity (Wildman–Crippen MR) is 145 cm³/mol. The van der Waals surface area contributed by atoms with Crippen molar-refractivity contribution in [2.24, 2.45) is 0 Å². The second-order valence-electron chi connectivity index (χ2n) is 12.0. The summed E-state index contributed by atoms with van der Waals surface area (Å²) in [6, 6.07) is 6.10. The Hall–Kier alpha value is -1.38. The molecular weight excluding hydrogens is 510 g/mol. The van der Waals surface area contributed by atoms with Crippen LogP contribution in [0.5, 0.6) is 0 Å². The largest absolute Gasteiger partial charge is 0.444 e. The first-order chi connectivity index (χ1) is 15.7. The van der Waals surface area contributed by atoms with Gasteiger partial charge in [-0.25, -0.2) is 9.78 Å². The fraction of sp³-hybridized carbons (Fsp3) is 0.692. The molecule has 1 fully saturated rings. The molecule has 0 radical (unpaired) electrons. The third-order valence-corrected chi connectivity index (χ3v) is 12.2. The van der Waals surface area contributed by atoms with Crippen LogP contribution in [0, 0.1) is 0 Å². The number of aryl methyl sites for hydroxylation is 1. The Kier molecular flexibility index (Phi) is 8.25. The van der Waals surface area contributed by atoms with Crippen LogP contribution in [0.2, 0.25) is 18.1 Å². The van der Waals surface area contributed by atoms with E-state index in [0.717, 1.165) is 54.3 Å². The average molecular weight is 553 g/mol. The van der Waals surface area contributed by atoms with Crippen LogP contribution in [-0.2, 0) is 15.7 Å². The minimum Gasteiger partial charge on any atom is -0.444 e. The molecule has 6 nitrogen and oxygen atoms in total. The summed E-state index contributed by atoms with van der Waals surface area (Å²) in [5.41, 5.74) is 1.59. The van der Waals surface area contributed by atoms with Gasteiger partial charge in [-0.05, 0) is 92.6 Å². The molecule has 1 aromatic heterocycles. The monoisotopic (exact) mass is 551 g/mol. The number of imidazole rings is 1. The summed E-state index contributed by atoms with van der Waals surface area (Å²) in [7, 11) is -1.98. The van der Waals surface area contributed by atoms with E-state index < -0.39 is 13.9 Å². The Labute approximate surface area is 214 Å². The topological polar surface area (TPSA) is 56.6 Å². The summed E-state index contributed by atoms with van der Waals surface area (Å²) in [5.74, 6) is 0. The lowest BCUT2D eigenvalue weighted by Gasteiger charge is -2.47. The lowest BCUT2D eigenvalue weighted by atomic mass is 9.95. The van der Waals surface area contributed by atoms with Crippen LogP contribution < -0.4 is 0 Å². The molecule has 0 aliphatic carbocycles. The molecule has 2 aromatic rings. The van der Waals surface area contributed by atoms with Gasteiger partial charge in [0.25, 0.3) is 0 Å². The Morgan fingerprint density at radius 1 is 1.21 bits per heavy atom. The minimum atomic E-state index is -1.98. The molecule has 1 amide bonds. The van der Waals surface area contributed by atoms with E-state index >= 15 is 0 Å². The van der Waals surface area contributed by atoms with Gasteiger partial charge in [-0.1, -0.05) is 26.8 Å². The number of hydrogen-bond acceptors (Lipinski definition) is 4. The third-order valence-electron chi connectivity index (χ3n) is 7.09. The molecule has 1 saturated heterocycles. The first-order valence-electron chi connectivity index (χ1n) is 12.5. The van der Waals surface area contributed by atoms with Gasteiger partial charge in [0.05, 0.1) is 29.5 Å². The standard InChI is InChI=1S/C26H42BrN3O3Si/c1-25(2,3)32-24(31)30-17-11-15-22(33-34(7,8)26(4,5)6)21(30)14-10-16-29-18-28-20-13-9-12-19(27)23(20)29/h9,12-13,18,21-22H,10-11,14-17H2,1-8H3/t21-,22+/m1/s1. The van der Waals surface area contributed by atoms with Crippen LogP contribution in [-0.4, -0.2) is 53.2 Å². The number of ether oxygens (including phenoxy) is 1. The van der Waals surface area contributed by atoms with Crippen molar-refractivity contribution in [2.75, 3.05) is 6.54 Å². The SMILES string of the molecule is CC(C)(C)OC(=O)N1CCC[C@H](O[Si](C)(C)C(C)(C)C)[C@H]1CCCn1cnc2cccc(Br)c21. The number of benzene rings is 1. The molecule has 0 saturated carbocycles. The summed E-state index contributed by atoms with van der Waals surface area (Å²) < 4.78 is 16.0. The lowest BCUT2D eigenvalue weighted by molar-refractivity contribution is -0.0219. The molecule has 190 valence electrons. The second-order valence-corrected chi connectivity index (χ2v) is 17.6. The highest BCUT2D eigenvalue weighted by Gasteiger charge is 2.44. The number of nitrogens with zero attached hydrogens (tertiary/aromatic N) is 3. The summed E-state index contributed by atoms with van der Waals surface area (Å²) in [5, 5.41) is 0.119. The van der Waals surface area contributed by atoms with Crippen molar-refractivity contribution in [1.29, 1.82) is 0 Å². The van der Waals surface area contributed by atoms with E-state index in [0.29, 0.717) is 0 Å². The molecule has 0 spiro atoms. The molecule has 1 aromatic carbocycles. The van der Waals surface area contributed by atoms with Gasteiger partial charge in [0.1, 0.15) is 5.60 Å². The van der Waals surface area contributed by atoms with Crippen molar-refractivity contribution in [3.63, 3.8) is 0 Å². The number of likely N-dealkylation sites (tertiary alicyclic amines) is 1. The zero-order valence-electron chi connectivity index (χ0n) is 22.2. The molecule has 3 rings (SSSR count). The van der Waals surface area contributed by atoms with Gasteiger partial charge in [0.15, 0.2) is 8.32 Å². The molecule has 1 aliphatic rings. The van der Waals surface area contributed by atoms with Crippen molar-refractivity contribution < 1.29 is 14.0 Å². The second kappa shape index (κ2) is 10.3.